The molecule has 0 atom stereocenters. The molecule has 2 aromatic heterocycles. The van der Waals surface area contributed by atoms with Crippen molar-refractivity contribution >= 4 is 22.7 Å². The van der Waals surface area contributed by atoms with Gasteiger partial charge in [-0.1, -0.05) is 23.9 Å². The molecule has 1 aliphatic rings. The number of rotatable bonds is 5. The van der Waals surface area contributed by atoms with Gasteiger partial charge in [-0.3, -0.25) is 4.79 Å². The molecule has 1 aliphatic heterocycles. The summed E-state index contributed by atoms with van der Waals surface area (Å²) in [6.07, 6.45) is 0. The molecule has 0 amide bonds. The Morgan fingerprint density at radius 1 is 1.27 bits per heavy atom. The van der Waals surface area contributed by atoms with Gasteiger partial charge in [-0.15, -0.1) is 10.2 Å². The van der Waals surface area contributed by atoms with E-state index in [2.05, 4.69) is 20.2 Å². The van der Waals surface area contributed by atoms with Gasteiger partial charge in [0.15, 0.2) is 11.0 Å². The van der Waals surface area contributed by atoms with Gasteiger partial charge in [0.05, 0.1) is 29.9 Å². The molecule has 4 rings (SSSR count). The summed E-state index contributed by atoms with van der Waals surface area (Å²) in [6, 6.07) is 7.35. The zero-order chi connectivity index (χ0) is 17.9. The van der Waals surface area contributed by atoms with Gasteiger partial charge in [-0.25, -0.2) is 4.98 Å². The van der Waals surface area contributed by atoms with Crippen LogP contribution in [0.25, 0.3) is 10.9 Å². The fraction of sp³-hybridized carbons (Fsp3) is 0.412. The first-order chi connectivity index (χ1) is 12.7. The van der Waals surface area contributed by atoms with Crippen LogP contribution in [0.5, 0.6) is 0 Å². The number of H-pyrrole nitrogens is 1. The number of hydrogen-bond acceptors (Lipinski definition) is 6. The van der Waals surface area contributed by atoms with Crippen molar-refractivity contribution in [3.8, 4) is 0 Å². The van der Waals surface area contributed by atoms with Gasteiger partial charge >= 0.3 is 0 Å². The normalized spacial score (nSPS) is 15.6. The molecule has 8 nitrogen and oxygen atoms in total. The Hall–Kier alpha value is -2.23. The van der Waals surface area contributed by atoms with Crippen molar-refractivity contribution in [2.45, 2.75) is 17.5 Å². The molecule has 0 aliphatic carbocycles. The maximum Gasteiger partial charge on any atom is 0.258 e. The Labute approximate surface area is 154 Å². The number of nitrogens with zero attached hydrogens (tertiary/aromatic N) is 4. The highest BCUT2D eigenvalue weighted by molar-refractivity contribution is 7.98. The number of para-hydroxylation sites is 1. The Bertz CT molecular complexity index is 963. The van der Waals surface area contributed by atoms with E-state index < -0.39 is 0 Å². The summed E-state index contributed by atoms with van der Waals surface area (Å²) in [5.74, 6) is 2.14. The van der Waals surface area contributed by atoms with Gasteiger partial charge in [-0.2, -0.15) is 0 Å². The molecule has 0 unspecified atom stereocenters. The number of quaternary nitrogens is 1. The molecule has 1 fully saturated rings. The average molecular weight is 373 g/mol. The Morgan fingerprint density at radius 3 is 2.92 bits per heavy atom. The van der Waals surface area contributed by atoms with Crippen molar-refractivity contribution < 1.29 is 9.64 Å². The van der Waals surface area contributed by atoms with Gasteiger partial charge in [-0.05, 0) is 12.1 Å². The zero-order valence-corrected chi connectivity index (χ0v) is 15.4. The minimum absolute atomic E-state index is 0.110. The third kappa shape index (κ3) is 3.64. The van der Waals surface area contributed by atoms with Crippen LogP contribution >= 0.6 is 11.8 Å². The van der Waals surface area contributed by atoms with Crippen molar-refractivity contribution in [2.24, 2.45) is 7.05 Å². The lowest BCUT2D eigenvalue weighted by atomic mass is 10.2. The standard InChI is InChI=1S/C17H20N6O2S/c1-22-15(10-23-6-8-25-9-7-23)20-21-17(22)26-11-14-18-13-5-3-2-4-12(13)16(24)19-14/h2-5H,6-11H2,1H3,(H,18,19,24)/p+1. The largest absolute Gasteiger partial charge is 0.370 e. The van der Waals surface area contributed by atoms with Crippen molar-refractivity contribution in [3.05, 3.63) is 46.3 Å². The molecule has 26 heavy (non-hydrogen) atoms. The Kier molecular flexibility index (Phi) is 5.00. The molecule has 1 saturated heterocycles. The van der Waals surface area contributed by atoms with Crippen LogP contribution in [0, 0.1) is 0 Å². The van der Waals surface area contributed by atoms with Crippen molar-refractivity contribution in [3.63, 3.8) is 0 Å². The van der Waals surface area contributed by atoms with E-state index >= 15 is 0 Å². The number of hydrogen-bond donors (Lipinski definition) is 2. The summed E-state index contributed by atoms with van der Waals surface area (Å²) in [5.41, 5.74) is 0.599. The number of morpholine rings is 1. The molecule has 2 N–H and O–H groups in total. The molecule has 3 heterocycles. The SMILES string of the molecule is Cn1c(C[NH+]2CCOCC2)nnc1SCc1nc2ccccc2c(=O)[nH]1. The van der Waals surface area contributed by atoms with Crippen LogP contribution in [0.2, 0.25) is 0 Å². The molecule has 3 aromatic rings. The molecule has 0 saturated carbocycles. The summed E-state index contributed by atoms with van der Waals surface area (Å²) in [7, 11) is 1.98. The van der Waals surface area contributed by atoms with E-state index in [-0.39, 0.29) is 5.56 Å². The smallest absolute Gasteiger partial charge is 0.258 e. The fourth-order valence-electron chi connectivity index (χ4n) is 3.02. The highest BCUT2D eigenvalue weighted by Crippen LogP contribution is 2.19. The maximum absolute atomic E-state index is 12.2. The minimum Gasteiger partial charge on any atom is -0.370 e. The summed E-state index contributed by atoms with van der Waals surface area (Å²) >= 11 is 1.52. The lowest BCUT2D eigenvalue weighted by molar-refractivity contribution is -0.922. The van der Waals surface area contributed by atoms with Crippen LogP contribution in [0.15, 0.2) is 34.2 Å². The number of ether oxygens (including phenoxy) is 1. The molecule has 9 heteroatoms. The first kappa shape index (κ1) is 17.2. The van der Waals surface area contributed by atoms with Crippen LogP contribution in [-0.4, -0.2) is 51.0 Å². The van der Waals surface area contributed by atoms with Crippen LogP contribution in [0.1, 0.15) is 11.6 Å². The predicted molar refractivity (Wildman–Crippen MR) is 98.1 cm³/mol. The van der Waals surface area contributed by atoms with E-state index in [0.29, 0.717) is 22.5 Å². The number of aromatic amines is 1. The lowest BCUT2D eigenvalue weighted by Gasteiger charge is -2.23. The summed E-state index contributed by atoms with van der Waals surface area (Å²) in [6.45, 7) is 4.44. The lowest BCUT2D eigenvalue weighted by Crippen LogP contribution is -3.12. The van der Waals surface area contributed by atoms with Crippen LogP contribution in [0.4, 0.5) is 0 Å². The maximum atomic E-state index is 12.2. The predicted octanol–water partition coefficient (Wildman–Crippen LogP) is -0.241. The third-order valence-electron chi connectivity index (χ3n) is 4.53. The second-order valence-corrected chi connectivity index (χ2v) is 7.26. The van der Waals surface area contributed by atoms with E-state index in [9.17, 15) is 4.79 Å². The number of benzene rings is 1. The molecule has 0 bridgehead atoms. The number of fused-ring (bicyclic) bond motifs is 1. The minimum atomic E-state index is -0.110. The molecule has 1 aromatic carbocycles. The van der Waals surface area contributed by atoms with E-state index in [1.807, 2.05) is 29.8 Å². The van der Waals surface area contributed by atoms with Crippen molar-refractivity contribution in [2.75, 3.05) is 26.3 Å². The van der Waals surface area contributed by atoms with Gasteiger partial charge in [0, 0.05) is 7.05 Å². The van der Waals surface area contributed by atoms with Gasteiger partial charge in [0.2, 0.25) is 0 Å². The third-order valence-corrected chi connectivity index (χ3v) is 5.56. The second-order valence-electron chi connectivity index (χ2n) is 6.32. The van der Waals surface area contributed by atoms with Gasteiger partial charge < -0.3 is 19.2 Å². The van der Waals surface area contributed by atoms with Crippen molar-refractivity contribution in [1.29, 1.82) is 0 Å². The van der Waals surface area contributed by atoms with Crippen LogP contribution in [0.3, 0.4) is 0 Å². The Morgan fingerprint density at radius 2 is 2.08 bits per heavy atom. The van der Waals surface area contributed by atoms with Gasteiger partial charge in [0.25, 0.3) is 5.56 Å². The van der Waals surface area contributed by atoms with Crippen LogP contribution in [-0.2, 0) is 24.1 Å². The molecule has 136 valence electrons. The molecule has 0 spiro atoms. The monoisotopic (exact) mass is 373 g/mol. The highest BCUT2D eigenvalue weighted by Gasteiger charge is 2.19. The molecular formula is C17H21N6O2S+. The summed E-state index contributed by atoms with van der Waals surface area (Å²) in [5, 5.41) is 10.1. The number of aromatic nitrogens is 5. The van der Waals surface area contributed by atoms with Gasteiger partial charge in [0.1, 0.15) is 25.5 Å². The Balaban J connectivity index is 1.46. The van der Waals surface area contributed by atoms with E-state index in [1.165, 1.54) is 16.7 Å². The first-order valence-corrected chi connectivity index (χ1v) is 9.59. The van der Waals surface area contributed by atoms with E-state index in [0.717, 1.165) is 43.8 Å². The fourth-order valence-corrected chi connectivity index (χ4v) is 3.82. The average Bonchev–Trinajstić information content (AvgIpc) is 3.01. The number of nitrogens with one attached hydrogen (secondary N) is 2. The second kappa shape index (κ2) is 7.56. The van der Waals surface area contributed by atoms with E-state index in [1.54, 1.807) is 6.07 Å². The summed E-state index contributed by atoms with van der Waals surface area (Å²) < 4.78 is 7.42. The zero-order valence-electron chi connectivity index (χ0n) is 14.6. The molecule has 0 radical (unpaired) electrons. The van der Waals surface area contributed by atoms with E-state index in [4.69, 9.17) is 4.74 Å². The number of thioether (sulfide) groups is 1. The first-order valence-electron chi connectivity index (χ1n) is 8.61. The van der Waals surface area contributed by atoms with Crippen LogP contribution < -0.4 is 10.5 Å². The quantitative estimate of drug-likeness (QED) is 0.600. The highest BCUT2D eigenvalue weighted by atomic mass is 32.2. The molecular weight excluding hydrogens is 352 g/mol. The van der Waals surface area contributed by atoms with Crippen molar-refractivity contribution in [1.82, 2.24) is 24.7 Å². The topological polar surface area (TPSA) is 90.1 Å². The summed E-state index contributed by atoms with van der Waals surface area (Å²) in [4.78, 5) is 21.0.